The molecule has 8 heteroatoms. The number of rotatable bonds is 8. The monoisotopic (exact) mass is 433 g/mol. The molecule has 0 aliphatic heterocycles. The molecule has 2 unspecified atom stereocenters. The molecule has 0 bridgehead atoms. The summed E-state index contributed by atoms with van der Waals surface area (Å²) in [5, 5.41) is 12.4. The zero-order valence-electron chi connectivity index (χ0n) is 19.6. The number of ether oxygens (including phenoxy) is 1. The molecule has 0 saturated carbocycles. The highest BCUT2D eigenvalue weighted by molar-refractivity contribution is 7.09. The number of nitrogens with two attached hydrogens (primary N) is 1. The van der Waals surface area contributed by atoms with E-state index in [2.05, 4.69) is 42.7 Å². The summed E-state index contributed by atoms with van der Waals surface area (Å²) in [6.45, 7) is 13.0. The molecule has 1 amide bonds. The molecule has 29 heavy (non-hydrogen) atoms. The van der Waals surface area contributed by atoms with Gasteiger partial charge in [-0.3, -0.25) is 4.79 Å². The molecule has 1 heterocycles. The van der Waals surface area contributed by atoms with Gasteiger partial charge in [0.05, 0.1) is 18.2 Å². The third kappa shape index (κ3) is 17.1. The SMILES string of the molecule is CCC.CCC.CCC(C)C(N)C(=O)NCCCc1nc(C(=O)OC)cs1.CO. The summed E-state index contributed by atoms with van der Waals surface area (Å²) in [7, 11) is 2.33. The Kier molecular flexibility index (Phi) is 25.3. The van der Waals surface area contributed by atoms with Crippen LogP contribution >= 0.6 is 11.3 Å². The van der Waals surface area contributed by atoms with Crippen molar-refractivity contribution in [2.45, 2.75) is 79.7 Å². The first-order valence-corrected chi connectivity index (χ1v) is 11.2. The van der Waals surface area contributed by atoms with Crippen molar-refractivity contribution in [2.75, 3.05) is 20.8 Å². The van der Waals surface area contributed by atoms with Crippen LogP contribution in [0.15, 0.2) is 5.38 Å². The molecular formula is C21H43N3O4S. The number of thiazole rings is 1. The lowest BCUT2D eigenvalue weighted by atomic mass is 9.99. The molecule has 0 aromatic carbocycles. The molecular weight excluding hydrogens is 390 g/mol. The van der Waals surface area contributed by atoms with Gasteiger partial charge in [-0.25, -0.2) is 9.78 Å². The fourth-order valence-corrected chi connectivity index (χ4v) is 2.52. The van der Waals surface area contributed by atoms with Crippen molar-refractivity contribution in [3.8, 4) is 0 Å². The molecule has 0 saturated heterocycles. The number of carbonyl (C=O) groups is 2. The summed E-state index contributed by atoms with van der Waals surface area (Å²) < 4.78 is 4.60. The summed E-state index contributed by atoms with van der Waals surface area (Å²) in [5.74, 6) is -0.365. The highest BCUT2D eigenvalue weighted by atomic mass is 32.1. The predicted molar refractivity (Wildman–Crippen MR) is 122 cm³/mol. The average molecular weight is 434 g/mol. The summed E-state index contributed by atoms with van der Waals surface area (Å²) in [5.41, 5.74) is 6.18. The second kappa shape index (κ2) is 22.8. The standard InChI is InChI=1S/C14H23N3O3S.2C3H8.CH4O/c1-4-9(2)12(15)13(18)16-7-5-6-11-17-10(8-21-11)14(19)20-3;2*1-3-2;1-2/h8-9,12H,4-7,15H2,1-3H3,(H,16,18);2*3H2,1-2H3;2H,1H3. The molecule has 7 nitrogen and oxygen atoms in total. The van der Waals surface area contributed by atoms with Gasteiger partial charge in [-0.15, -0.1) is 11.3 Å². The van der Waals surface area contributed by atoms with Crippen molar-refractivity contribution in [1.29, 1.82) is 0 Å². The van der Waals surface area contributed by atoms with E-state index in [1.54, 1.807) is 5.38 Å². The highest BCUT2D eigenvalue weighted by Gasteiger charge is 2.18. The van der Waals surface area contributed by atoms with Gasteiger partial charge >= 0.3 is 5.97 Å². The lowest BCUT2D eigenvalue weighted by Gasteiger charge is -2.17. The van der Waals surface area contributed by atoms with Crippen LogP contribution in [-0.2, 0) is 16.0 Å². The first-order valence-electron chi connectivity index (χ1n) is 10.3. The van der Waals surface area contributed by atoms with Gasteiger partial charge in [0.15, 0.2) is 5.69 Å². The Hall–Kier alpha value is -1.51. The molecule has 0 aliphatic carbocycles. The second-order valence-corrected chi connectivity index (χ2v) is 7.28. The van der Waals surface area contributed by atoms with Crippen LogP contribution in [-0.4, -0.2) is 48.8 Å². The smallest absolute Gasteiger partial charge is 0.357 e. The Morgan fingerprint density at radius 3 is 2.17 bits per heavy atom. The molecule has 4 N–H and O–H groups in total. The van der Waals surface area contributed by atoms with E-state index in [4.69, 9.17) is 10.8 Å². The second-order valence-electron chi connectivity index (χ2n) is 6.34. The number of nitrogens with zero attached hydrogens (tertiary/aromatic N) is 1. The van der Waals surface area contributed by atoms with Crippen molar-refractivity contribution in [2.24, 2.45) is 11.7 Å². The van der Waals surface area contributed by atoms with Crippen molar-refractivity contribution in [3.63, 3.8) is 0 Å². The number of aliphatic hydroxyl groups excluding tert-OH is 1. The van der Waals surface area contributed by atoms with E-state index >= 15 is 0 Å². The number of aromatic nitrogens is 1. The van der Waals surface area contributed by atoms with E-state index in [1.165, 1.54) is 31.3 Å². The Morgan fingerprint density at radius 1 is 1.21 bits per heavy atom. The molecule has 1 rings (SSSR count). The topological polar surface area (TPSA) is 115 Å². The minimum Gasteiger partial charge on any atom is -0.464 e. The predicted octanol–water partition coefficient (Wildman–Crippen LogP) is 3.79. The molecule has 2 atom stereocenters. The molecule has 0 aliphatic rings. The van der Waals surface area contributed by atoms with Gasteiger partial charge in [0.1, 0.15) is 0 Å². The van der Waals surface area contributed by atoms with Crippen LogP contribution in [0.25, 0.3) is 0 Å². The lowest BCUT2D eigenvalue weighted by Crippen LogP contribution is -2.44. The van der Waals surface area contributed by atoms with Gasteiger partial charge in [0.2, 0.25) is 5.91 Å². The maximum Gasteiger partial charge on any atom is 0.357 e. The average Bonchev–Trinajstić information content (AvgIpc) is 3.21. The first-order chi connectivity index (χ1) is 13.8. The largest absolute Gasteiger partial charge is 0.464 e. The number of nitrogens with one attached hydrogen (secondary N) is 1. The Labute approximate surface area is 181 Å². The molecule has 1 aromatic rings. The van der Waals surface area contributed by atoms with E-state index in [1.807, 2.05) is 13.8 Å². The fourth-order valence-electron chi connectivity index (χ4n) is 1.71. The van der Waals surface area contributed by atoms with Crippen LogP contribution in [0.1, 0.15) is 82.7 Å². The van der Waals surface area contributed by atoms with Crippen LogP contribution in [0, 0.1) is 5.92 Å². The van der Waals surface area contributed by atoms with E-state index in [0.717, 1.165) is 25.0 Å². The quantitative estimate of drug-likeness (QED) is 0.424. The molecule has 1 aromatic heterocycles. The molecule has 172 valence electrons. The molecule has 0 fully saturated rings. The summed E-state index contributed by atoms with van der Waals surface area (Å²) in [6, 6.07) is -0.458. The van der Waals surface area contributed by atoms with Gasteiger partial charge < -0.3 is 20.9 Å². The lowest BCUT2D eigenvalue weighted by molar-refractivity contribution is -0.123. The number of amides is 1. The summed E-state index contributed by atoms with van der Waals surface area (Å²) >= 11 is 1.42. The Balaban J connectivity index is -0.000000732. The van der Waals surface area contributed by atoms with Gasteiger partial charge in [-0.2, -0.15) is 0 Å². The minimum absolute atomic E-state index is 0.112. The van der Waals surface area contributed by atoms with Gasteiger partial charge in [0.25, 0.3) is 0 Å². The third-order valence-corrected chi connectivity index (χ3v) is 4.28. The van der Waals surface area contributed by atoms with Crippen LogP contribution < -0.4 is 11.1 Å². The first kappa shape index (κ1) is 32.2. The number of hydrogen-bond donors (Lipinski definition) is 3. The van der Waals surface area contributed by atoms with E-state index in [0.29, 0.717) is 18.7 Å². The van der Waals surface area contributed by atoms with E-state index < -0.39 is 12.0 Å². The minimum atomic E-state index is -0.458. The van der Waals surface area contributed by atoms with E-state index in [9.17, 15) is 9.59 Å². The number of hydrogen-bond acceptors (Lipinski definition) is 7. The summed E-state index contributed by atoms with van der Waals surface area (Å²) in [4.78, 5) is 27.2. The normalized spacial score (nSPS) is 11.2. The molecule has 0 radical (unpaired) electrons. The maximum atomic E-state index is 11.8. The number of methoxy groups -OCH3 is 1. The molecule has 0 spiro atoms. The van der Waals surface area contributed by atoms with Crippen LogP contribution in [0.5, 0.6) is 0 Å². The van der Waals surface area contributed by atoms with Gasteiger partial charge in [0, 0.05) is 25.5 Å². The number of carbonyl (C=O) groups excluding carboxylic acids is 2. The number of aryl methyl sites for hydroxylation is 1. The van der Waals surface area contributed by atoms with E-state index in [-0.39, 0.29) is 11.8 Å². The fraction of sp³-hybridized carbons (Fsp3) is 0.762. The summed E-state index contributed by atoms with van der Waals surface area (Å²) in [6.07, 6.45) is 4.84. The van der Waals surface area contributed by atoms with Crippen LogP contribution in [0.4, 0.5) is 0 Å². The van der Waals surface area contributed by atoms with Crippen molar-refractivity contribution < 1.29 is 19.4 Å². The van der Waals surface area contributed by atoms with Crippen molar-refractivity contribution >= 4 is 23.2 Å². The van der Waals surface area contributed by atoms with Crippen molar-refractivity contribution in [1.82, 2.24) is 10.3 Å². The maximum absolute atomic E-state index is 11.8. The highest BCUT2D eigenvalue weighted by Crippen LogP contribution is 2.12. The van der Waals surface area contributed by atoms with Crippen molar-refractivity contribution in [3.05, 3.63) is 16.1 Å². The zero-order chi connectivity index (χ0) is 23.2. The van der Waals surface area contributed by atoms with Crippen LogP contribution in [0.3, 0.4) is 0 Å². The Morgan fingerprint density at radius 2 is 1.72 bits per heavy atom. The third-order valence-electron chi connectivity index (χ3n) is 3.37. The number of esters is 1. The van der Waals surface area contributed by atoms with Gasteiger partial charge in [-0.1, -0.05) is 60.8 Å². The van der Waals surface area contributed by atoms with Crippen LogP contribution in [0.2, 0.25) is 0 Å². The number of aliphatic hydroxyl groups is 1. The Bertz CT molecular complexity index is 508. The van der Waals surface area contributed by atoms with Gasteiger partial charge in [-0.05, 0) is 12.3 Å². The zero-order valence-corrected chi connectivity index (χ0v) is 20.4.